The molecule has 1 N–H and O–H groups in total. The summed E-state index contributed by atoms with van der Waals surface area (Å²) in [5.74, 6) is 0. The van der Waals surface area contributed by atoms with Crippen molar-refractivity contribution in [1.82, 2.24) is 19.9 Å². The van der Waals surface area contributed by atoms with E-state index in [1.54, 1.807) is 4.68 Å². The van der Waals surface area contributed by atoms with Gasteiger partial charge in [0.05, 0.1) is 12.3 Å². The predicted octanol–water partition coefficient (Wildman–Crippen LogP) is -0.205. The van der Waals surface area contributed by atoms with Crippen LogP contribution >= 0.6 is 0 Å². The van der Waals surface area contributed by atoms with Gasteiger partial charge < -0.3 is 5.11 Å². The van der Waals surface area contributed by atoms with Crippen LogP contribution in [0.2, 0.25) is 0 Å². The second-order valence-corrected chi connectivity index (χ2v) is 3.13. The smallest absolute Gasteiger partial charge is 0.0967 e. The summed E-state index contributed by atoms with van der Waals surface area (Å²) >= 11 is 0. The van der Waals surface area contributed by atoms with E-state index in [1.807, 2.05) is 19.3 Å². The van der Waals surface area contributed by atoms with Gasteiger partial charge in [0.2, 0.25) is 0 Å². The number of aliphatic hydroxyl groups is 1. The van der Waals surface area contributed by atoms with Gasteiger partial charge in [-0.1, -0.05) is 11.3 Å². The fraction of sp³-hybridized carbons (Fsp3) is 0.556. The van der Waals surface area contributed by atoms with Gasteiger partial charge in [-0.3, -0.25) is 9.58 Å². The average Bonchev–Trinajstić information content (AvgIpc) is 2.52. The zero-order valence-electron chi connectivity index (χ0n) is 8.43. The van der Waals surface area contributed by atoms with E-state index in [0.29, 0.717) is 13.1 Å². The molecule has 0 aliphatic heterocycles. The van der Waals surface area contributed by atoms with Crippen LogP contribution in [0.15, 0.2) is 18.9 Å². The summed E-state index contributed by atoms with van der Waals surface area (Å²) in [5, 5.41) is 16.6. The molecule has 0 bridgehead atoms. The predicted molar refractivity (Wildman–Crippen MR) is 53.6 cm³/mol. The Bertz CT molecular complexity index is 284. The van der Waals surface area contributed by atoms with E-state index < -0.39 is 0 Å². The topological polar surface area (TPSA) is 54.2 Å². The fourth-order valence-corrected chi connectivity index (χ4v) is 1.26. The third kappa shape index (κ3) is 3.27. The fourth-order valence-electron chi connectivity index (χ4n) is 1.26. The van der Waals surface area contributed by atoms with Crippen LogP contribution in [0.5, 0.6) is 0 Å². The summed E-state index contributed by atoms with van der Waals surface area (Å²) < 4.78 is 1.67. The number of hydrogen-bond acceptors (Lipinski definition) is 4. The lowest BCUT2D eigenvalue weighted by Crippen LogP contribution is -2.26. The van der Waals surface area contributed by atoms with Crippen LogP contribution in [0.1, 0.15) is 5.69 Å². The molecular formula is C9H16N4O. The summed E-state index contributed by atoms with van der Waals surface area (Å²) in [5.41, 5.74) is 0.905. The molecule has 1 aromatic heterocycles. The van der Waals surface area contributed by atoms with Crippen LogP contribution in [0.25, 0.3) is 0 Å². The first kappa shape index (κ1) is 10.9. The van der Waals surface area contributed by atoms with Crippen molar-refractivity contribution >= 4 is 0 Å². The van der Waals surface area contributed by atoms with Gasteiger partial charge >= 0.3 is 0 Å². The second kappa shape index (κ2) is 5.51. The highest BCUT2D eigenvalue weighted by atomic mass is 16.3. The first-order valence-electron chi connectivity index (χ1n) is 4.55. The molecule has 1 heterocycles. The minimum atomic E-state index is 0.147. The molecule has 0 amide bonds. The van der Waals surface area contributed by atoms with E-state index >= 15 is 0 Å². The normalized spacial score (nSPS) is 10.8. The number of nitrogens with zero attached hydrogens (tertiary/aromatic N) is 4. The SMILES string of the molecule is C=CCN(CCO)Cc1cn(C)nn1. The van der Waals surface area contributed by atoms with Gasteiger partial charge in [-0.05, 0) is 0 Å². The summed E-state index contributed by atoms with van der Waals surface area (Å²) in [6.07, 6.45) is 3.68. The maximum Gasteiger partial charge on any atom is 0.0967 e. The summed E-state index contributed by atoms with van der Waals surface area (Å²) in [6, 6.07) is 0. The van der Waals surface area contributed by atoms with Gasteiger partial charge in [0.25, 0.3) is 0 Å². The molecule has 78 valence electrons. The molecular weight excluding hydrogens is 180 g/mol. The lowest BCUT2D eigenvalue weighted by molar-refractivity contribution is 0.202. The molecule has 0 unspecified atom stereocenters. The average molecular weight is 196 g/mol. The maximum atomic E-state index is 8.83. The number of hydrogen-bond donors (Lipinski definition) is 1. The molecule has 14 heavy (non-hydrogen) atoms. The molecule has 1 rings (SSSR count). The minimum absolute atomic E-state index is 0.147. The third-order valence-electron chi connectivity index (χ3n) is 1.84. The minimum Gasteiger partial charge on any atom is -0.395 e. The Balaban J connectivity index is 2.49. The maximum absolute atomic E-state index is 8.83. The summed E-state index contributed by atoms with van der Waals surface area (Å²) in [6.45, 7) is 5.88. The van der Waals surface area contributed by atoms with Crippen LogP contribution in [-0.2, 0) is 13.6 Å². The van der Waals surface area contributed by atoms with Crippen molar-refractivity contribution in [3.05, 3.63) is 24.5 Å². The monoisotopic (exact) mass is 196 g/mol. The van der Waals surface area contributed by atoms with Crippen molar-refractivity contribution in [3.63, 3.8) is 0 Å². The standard InChI is InChI=1S/C9H16N4O/c1-3-4-13(5-6-14)8-9-7-12(2)11-10-9/h3,7,14H,1,4-6,8H2,2H3. The van der Waals surface area contributed by atoms with Crippen LogP contribution < -0.4 is 0 Å². The highest BCUT2D eigenvalue weighted by Gasteiger charge is 2.05. The summed E-state index contributed by atoms with van der Waals surface area (Å²) in [7, 11) is 1.83. The molecule has 1 aromatic rings. The molecule has 5 heteroatoms. The highest BCUT2D eigenvalue weighted by molar-refractivity contribution is 4.92. The number of aryl methyl sites for hydroxylation is 1. The Kier molecular flexibility index (Phi) is 4.28. The van der Waals surface area contributed by atoms with E-state index in [1.165, 1.54) is 0 Å². The molecule has 0 spiro atoms. The molecule has 0 aliphatic carbocycles. The summed E-state index contributed by atoms with van der Waals surface area (Å²) in [4.78, 5) is 2.05. The first-order chi connectivity index (χ1) is 6.76. The van der Waals surface area contributed by atoms with Crippen molar-refractivity contribution in [2.75, 3.05) is 19.7 Å². The van der Waals surface area contributed by atoms with Gasteiger partial charge in [0.1, 0.15) is 0 Å². The zero-order valence-corrected chi connectivity index (χ0v) is 8.43. The van der Waals surface area contributed by atoms with E-state index in [9.17, 15) is 0 Å². The highest BCUT2D eigenvalue weighted by Crippen LogP contribution is 1.99. The van der Waals surface area contributed by atoms with Crippen molar-refractivity contribution in [2.45, 2.75) is 6.54 Å². The van der Waals surface area contributed by atoms with Crippen molar-refractivity contribution in [3.8, 4) is 0 Å². The van der Waals surface area contributed by atoms with E-state index in [2.05, 4.69) is 21.8 Å². The van der Waals surface area contributed by atoms with Crippen LogP contribution in [-0.4, -0.2) is 44.7 Å². The molecule has 0 aliphatic rings. The molecule has 0 fully saturated rings. The molecule has 0 atom stereocenters. The van der Waals surface area contributed by atoms with E-state index in [0.717, 1.165) is 12.2 Å². The zero-order chi connectivity index (χ0) is 10.4. The van der Waals surface area contributed by atoms with E-state index in [4.69, 9.17) is 5.11 Å². The number of aromatic nitrogens is 3. The number of rotatable bonds is 6. The third-order valence-corrected chi connectivity index (χ3v) is 1.84. The number of aliphatic hydroxyl groups excluding tert-OH is 1. The molecule has 0 saturated carbocycles. The molecule has 0 saturated heterocycles. The Morgan fingerprint density at radius 3 is 3.00 bits per heavy atom. The van der Waals surface area contributed by atoms with Crippen molar-refractivity contribution in [1.29, 1.82) is 0 Å². The van der Waals surface area contributed by atoms with Gasteiger partial charge in [0.15, 0.2) is 0 Å². The van der Waals surface area contributed by atoms with Gasteiger partial charge in [0, 0.05) is 32.9 Å². The van der Waals surface area contributed by atoms with Crippen LogP contribution in [0.4, 0.5) is 0 Å². The van der Waals surface area contributed by atoms with Gasteiger partial charge in [-0.25, -0.2) is 0 Å². The molecule has 0 radical (unpaired) electrons. The quantitative estimate of drug-likeness (QED) is 0.640. The van der Waals surface area contributed by atoms with Gasteiger partial charge in [-0.2, -0.15) is 0 Å². The largest absolute Gasteiger partial charge is 0.395 e. The Morgan fingerprint density at radius 1 is 1.71 bits per heavy atom. The van der Waals surface area contributed by atoms with Crippen molar-refractivity contribution in [2.24, 2.45) is 7.05 Å². The van der Waals surface area contributed by atoms with Crippen molar-refractivity contribution < 1.29 is 5.11 Å². The Labute approximate surface area is 83.6 Å². The first-order valence-corrected chi connectivity index (χ1v) is 4.55. The lowest BCUT2D eigenvalue weighted by Gasteiger charge is -2.17. The second-order valence-electron chi connectivity index (χ2n) is 3.13. The van der Waals surface area contributed by atoms with Gasteiger partial charge in [-0.15, -0.1) is 11.7 Å². The molecule has 0 aromatic carbocycles. The van der Waals surface area contributed by atoms with E-state index in [-0.39, 0.29) is 6.61 Å². The Morgan fingerprint density at radius 2 is 2.50 bits per heavy atom. The Hall–Kier alpha value is -1.20. The van der Waals surface area contributed by atoms with Crippen LogP contribution in [0.3, 0.4) is 0 Å². The lowest BCUT2D eigenvalue weighted by atomic mass is 10.4. The molecule has 5 nitrogen and oxygen atoms in total. The van der Waals surface area contributed by atoms with Crippen LogP contribution in [0, 0.1) is 0 Å².